The molecule has 0 saturated heterocycles. The van der Waals surface area contributed by atoms with Crippen LogP contribution in [-0.2, 0) is 12.8 Å². The van der Waals surface area contributed by atoms with E-state index in [4.69, 9.17) is 0 Å². The molecule has 0 amide bonds. The Bertz CT molecular complexity index is 515. The van der Waals surface area contributed by atoms with Crippen LogP contribution < -0.4 is 0 Å². The summed E-state index contributed by atoms with van der Waals surface area (Å²) in [6.07, 6.45) is 10.9. The van der Waals surface area contributed by atoms with Crippen molar-refractivity contribution in [2.45, 2.75) is 85.0 Å². The van der Waals surface area contributed by atoms with E-state index >= 15 is 0 Å². The summed E-state index contributed by atoms with van der Waals surface area (Å²) in [5.74, 6) is 2.74. The van der Waals surface area contributed by atoms with Gasteiger partial charge in [0.15, 0.2) is 0 Å². The van der Waals surface area contributed by atoms with E-state index in [9.17, 15) is 0 Å². The van der Waals surface area contributed by atoms with E-state index in [0.717, 1.165) is 17.8 Å². The van der Waals surface area contributed by atoms with Crippen LogP contribution in [0.5, 0.6) is 0 Å². The molecule has 0 aliphatic heterocycles. The molecule has 0 heteroatoms. The van der Waals surface area contributed by atoms with Gasteiger partial charge in [-0.1, -0.05) is 58.7 Å². The summed E-state index contributed by atoms with van der Waals surface area (Å²) in [6, 6.07) is 7.39. The Morgan fingerprint density at radius 2 is 1.95 bits per heavy atom. The Morgan fingerprint density at radius 1 is 1.14 bits per heavy atom. The van der Waals surface area contributed by atoms with Crippen LogP contribution in [0.2, 0.25) is 0 Å². The Balaban J connectivity index is 1.92. The number of hydrogen-bond donors (Lipinski definition) is 0. The number of benzene rings is 1. The zero-order valence-corrected chi connectivity index (χ0v) is 15.1. The van der Waals surface area contributed by atoms with Gasteiger partial charge in [-0.2, -0.15) is 0 Å². The van der Waals surface area contributed by atoms with Gasteiger partial charge in [-0.25, -0.2) is 0 Å². The summed E-state index contributed by atoms with van der Waals surface area (Å²) in [5.41, 5.74) is 5.51. The average Bonchev–Trinajstić information content (AvgIpc) is 2.56. The van der Waals surface area contributed by atoms with Gasteiger partial charge >= 0.3 is 0 Å². The topological polar surface area (TPSA) is 0 Å². The van der Waals surface area contributed by atoms with Crippen LogP contribution in [0.3, 0.4) is 0 Å². The Hall–Kier alpha value is -0.780. The monoisotopic (exact) mass is 298 g/mol. The van der Waals surface area contributed by atoms with Crippen molar-refractivity contribution in [2.24, 2.45) is 17.3 Å². The van der Waals surface area contributed by atoms with Crippen molar-refractivity contribution in [3.05, 3.63) is 34.9 Å². The molecule has 2 aliphatic carbocycles. The third kappa shape index (κ3) is 2.63. The molecule has 4 atom stereocenters. The summed E-state index contributed by atoms with van der Waals surface area (Å²) >= 11 is 0. The molecular formula is C22H34. The van der Waals surface area contributed by atoms with Crippen molar-refractivity contribution >= 4 is 0 Å². The average molecular weight is 299 g/mol. The summed E-state index contributed by atoms with van der Waals surface area (Å²) in [6.45, 7) is 9.66. The molecule has 0 radical (unpaired) electrons. The second-order valence-electron chi connectivity index (χ2n) is 8.14. The van der Waals surface area contributed by atoms with Crippen molar-refractivity contribution in [1.82, 2.24) is 0 Å². The lowest BCUT2D eigenvalue weighted by atomic mass is 9.53. The SMILES string of the molecule is CCCC1C2CCc3cc(CC)ccc3C2CCC1(C)CC. The zero-order valence-electron chi connectivity index (χ0n) is 15.1. The fraction of sp³-hybridized carbons (Fsp3) is 0.727. The van der Waals surface area contributed by atoms with E-state index < -0.39 is 0 Å². The highest BCUT2D eigenvalue weighted by atomic mass is 14.5. The van der Waals surface area contributed by atoms with Crippen LogP contribution in [0.15, 0.2) is 18.2 Å². The van der Waals surface area contributed by atoms with Crippen molar-refractivity contribution in [3.63, 3.8) is 0 Å². The Labute approximate surface area is 137 Å². The predicted octanol–water partition coefficient (Wildman–Crippen LogP) is 6.52. The highest BCUT2D eigenvalue weighted by Gasteiger charge is 2.46. The van der Waals surface area contributed by atoms with Gasteiger partial charge in [0.2, 0.25) is 0 Å². The first-order valence-electron chi connectivity index (χ1n) is 9.74. The lowest BCUT2D eigenvalue weighted by molar-refractivity contribution is 0.0219. The third-order valence-corrected chi connectivity index (χ3v) is 7.12. The molecule has 1 fully saturated rings. The normalized spacial score (nSPS) is 34.1. The molecule has 0 nitrogen and oxygen atoms in total. The first kappa shape index (κ1) is 16.1. The standard InChI is InChI=1S/C22H34/c1-5-8-21-20-12-10-17-15-16(6-2)9-11-18(17)19(20)13-14-22(21,4)7-3/h9,11,15,19-21H,5-8,10,12-14H2,1-4H3. The van der Waals surface area contributed by atoms with Gasteiger partial charge in [-0.05, 0) is 78.4 Å². The van der Waals surface area contributed by atoms with Crippen LogP contribution in [-0.4, -0.2) is 0 Å². The molecule has 1 aromatic rings. The predicted molar refractivity (Wildman–Crippen MR) is 96.4 cm³/mol. The smallest absolute Gasteiger partial charge is 0.0128 e. The van der Waals surface area contributed by atoms with Crippen molar-refractivity contribution in [3.8, 4) is 0 Å². The molecular weight excluding hydrogens is 264 g/mol. The maximum absolute atomic E-state index is 2.58. The fourth-order valence-electron chi connectivity index (χ4n) is 5.56. The molecule has 122 valence electrons. The van der Waals surface area contributed by atoms with E-state index in [1.807, 2.05) is 0 Å². The zero-order chi connectivity index (χ0) is 15.7. The second-order valence-corrected chi connectivity index (χ2v) is 8.14. The molecule has 1 saturated carbocycles. The van der Waals surface area contributed by atoms with Crippen LogP contribution in [0.25, 0.3) is 0 Å². The fourth-order valence-corrected chi connectivity index (χ4v) is 5.56. The van der Waals surface area contributed by atoms with E-state index in [1.54, 1.807) is 11.1 Å². The Morgan fingerprint density at radius 3 is 2.64 bits per heavy atom. The van der Waals surface area contributed by atoms with Gasteiger partial charge < -0.3 is 0 Å². The lowest BCUT2D eigenvalue weighted by Crippen LogP contribution is -2.42. The summed E-state index contributed by atoms with van der Waals surface area (Å²) in [4.78, 5) is 0. The van der Waals surface area contributed by atoms with Crippen LogP contribution in [0, 0.1) is 17.3 Å². The van der Waals surface area contributed by atoms with Crippen LogP contribution in [0.1, 0.15) is 88.8 Å². The summed E-state index contributed by atoms with van der Waals surface area (Å²) < 4.78 is 0. The minimum atomic E-state index is 0.595. The van der Waals surface area contributed by atoms with Crippen molar-refractivity contribution in [1.29, 1.82) is 0 Å². The second kappa shape index (κ2) is 6.38. The lowest BCUT2D eigenvalue weighted by Gasteiger charge is -2.52. The van der Waals surface area contributed by atoms with Crippen LogP contribution in [0.4, 0.5) is 0 Å². The maximum atomic E-state index is 2.58. The van der Waals surface area contributed by atoms with Gasteiger partial charge in [0.25, 0.3) is 0 Å². The van der Waals surface area contributed by atoms with Crippen LogP contribution >= 0.6 is 0 Å². The molecule has 0 heterocycles. The van der Waals surface area contributed by atoms with E-state index in [2.05, 4.69) is 45.9 Å². The molecule has 3 rings (SSSR count). The minimum absolute atomic E-state index is 0.595. The van der Waals surface area contributed by atoms with E-state index in [1.165, 1.54) is 56.9 Å². The molecule has 4 unspecified atom stereocenters. The summed E-state index contributed by atoms with van der Waals surface area (Å²) in [7, 11) is 0. The molecule has 0 aromatic heterocycles. The molecule has 0 bridgehead atoms. The highest BCUT2D eigenvalue weighted by molar-refractivity contribution is 5.38. The number of hydrogen-bond acceptors (Lipinski definition) is 0. The highest BCUT2D eigenvalue weighted by Crippen LogP contribution is 2.57. The van der Waals surface area contributed by atoms with E-state index in [-0.39, 0.29) is 0 Å². The maximum Gasteiger partial charge on any atom is -0.0128 e. The van der Waals surface area contributed by atoms with E-state index in [0.29, 0.717) is 5.41 Å². The first-order valence-corrected chi connectivity index (χ1v) is 9.74. The van der Waals surface area contributed by atoms with Gasteiger partial charge in [0.05, 0.1) is 0 Å². The third-order valence-electron chi connectivity index (χ3n) is 7.12. The van der Waals surface area contributed by atoms with Crippen molar-refractivity contribution in [2.75, 3.05) is 0 Å². The van der Waals surface area contributed by atoms with Gasteiger partial charge in [-0.3, -0.25) is 0 Å². The number of rotatable bonds is 4. The minimum Gasteiger partial charge on any atom is -0.0654 e. The largest absolute Gasteiger partial charge is 0.0654 e. The van der Waals surface area contributed by atoms with Gasteiger partial charge in [0, 0.05) is 0 Å². The quantitative estimate of drug-likeness (QED) is 0.593. The molecule has 22 heavy (non-hydrogen) atoms. The number of fused-ring (bicyclic) bond motifs is 3. The number of aryl methyl sites for hydroxylation is 2. The Kier molecular flexibility index (Phi) is 4.67. The van der Waals surface area contributed by atoms with Gasteiger partial charge in [-0.15, -0.1) is 0 Å². The first-order chi connectivity index (χ1) is 10.6. The molecule has 2 aliphatic rings. The summed E-state index contributed by atoms with van der Waals surface area (Å²) in [5, 5.41) is 0. The molecule has 0 spiro atoms. The van der Waals surface area contributed by atoms with Crippen molar-refractivity contribution < 1.29 is 0 Å². The molecule has 1 aromatic carbocycles. The molecule has 0 N–H and O–H groups in total. The van der Waals surface area contributed by atoms with Gasteiger partial charge in [0.1, 0.15) is 0 Å².